The number of imidazole rings is 1. The highest BCUT2D eigenvalue weighted by molar-refractivity contribution is 5.80. The normalized spacial score (nSPS) is 19.7. The summed E-state index contributed by atoms with van der Waals surface area (Å²) in [4.78, 5) is 8.99. The third kappa shape index (κ3) is 4.39. The number of fused-ring (bicyclic) bond motifs is 1. The highest BCUT2D eigenvalue weighted by atomic mass is 16.5. The van der Waals surface area contributed by atoms with Gasteiger partial charge in [-0.3, -0.25) is 5.73 Å². The van der Waals surface area contributed by atoms with Crippen LogP contribution in [0.2, 0.25) is 0 Å². The van der Waals surface area contributed by atoms with E-state index >= 15 is 0 Å². The molecule has 11 heteroatoms. The molecule has 0 saturated heterocycles. The highest BCUT2D eigenvalue weighted by Gasteiger charge is 2.35. The number of benzene rings is 1. The summed E-state index contributed by atoms with van der Waals surface area (Å²) in [7, 11) is 4.74. The molecular weight excluding hydrogens is 448 g/mol. The molecule has 1 aromatic carbocycles. The van der Waals surface area contributed by atoms with Crippen LogP contribution in [0.15, 0.2) is 35.8 Å². The molecule has 0 radical (unpaired) electrons. The minimum Gasteiger partial charge on any atom is -0.493 e. The molecule has 1 atom stereocenters. The maximum Gasteiger partial charge on any atom is 0.217 e. The number of ether oxygens (including phenoxy) is 3. The van der Waals surface area contributed by atoms with E-state index < -0.39 is 5.79 Å². The number of methoxy groups -OCH3 is 3. The zero-order valence-corrected chi connectivity index (χ0v) is 20.3. The first-order valence-electron chi connectivity index (χ1n) is 11.8. The van der Waals surface area contributed by atoms with Gasteiger partial charge >= 0.3 is 0 Å². The first-order valence-corrected chi connectivity index (χ1v) is 11.8. The van der Waals surface area contributed by atoms with Crippen LogP contribution >= 0.6 is 0 Å². The third-order valence-corrected chi connectivity index (χ3v) is 6.72. The van der Waals surface area contributed by atoms with Crippen LogP contribution in [0.5, 0.6) is 17.2 Å². The smallest absolute Gasteiger partial charge is 0.217 e. The van der Waals surface area contributed by atoms with Crippen LogP contribution in [0, 0.1) is 5.92 Å². The Kier molecular flexibility index (Phi) is 6.25. The second-order valence-corrected chi connectivity index (χ2v) is 8.94. The second-order valence-electron chi connectivity index (χ2n) is 8.94. The molecule has 3 heterocycles. The Hall–Kier alpha value is -3.73. The first-order chi connectivity index (χ1) is 17.0. The lowest BCUT2D eigenvalue weighted by Crippen LogP contribution is -2.45. The summed E-state index contributed by atoms with van der Waals surface area (Å²) in [5.41, 5.74) is 8.29. The predicted octanol–water partition coefficient (Wildman–Crippen LogP) is 3.31. The lowest BCUT2D eigenvalue weighted by Gasteiger charge is -2.30. The van der Waals surface area contributed by atoms with E-state index in [-0.39, 0.29) is 0 Å². The molecule has 3 aromatic rings. The fourth-order valence-electron chi connectivity index (χ4n) is 4.87. The van der Waals surface area contributed by atoms with Gasteiger partial charge < -0.3 is 29.4 Å². The molecule has 1 aliphatic carbocycles. The minimum atomic E-state index is -1.19. The highest BCUT2D eigenvalue weighted by Crippen LogP contribution is 2.39. The van der Waals surface area contributed by atoms with Crippen molar-refractivity contribution in [3.63, 3.8) is 0 Å². The van der Waals surface area contributed by atoms with Crippen molar-refractivity contribution in [1.82, 2.24) is 19.3 Å². The van der Waals surface area contributed by atoms with Crippen molar-refractivity contribution in [2.45, 2.75) is 44.4 Å². The summed E-state index contributed by atoms with van der Waals surface area (Å²) in [6.07, 6.45) is 13.3. The molecule has 2 aliphatic rings. The summed E-state index contributed by atoms with van der Waals surface area (Å²) in [6.45, 7) is 0.877. The molecule has 1 unspecified atom stereocenters. The predicted molar refractivity (Wildman–Crippen MR) is 134 cm³/mol. The summed E-state index contributed by atoms with van der Waals surface area (Å²) in [6, 6.07) is 3.70. The molecule has 11 nitrogen and oxygen atoms in total. The van der Waals surface area contributed by atoms with Gasteiger partial charge in [0.2, 0.25) is 11.5 Å². The molecule has 2 aromatic heterocycles. The zero-order valence-electron chi connectivity index (χ0n) is 20.3. The van der Waals surface area contributed by atoms with Crippen LogP contribution in [0.1, 0.15) is 37.7 Å². The molecular formula is C24H32N8O3. The number of nitrogens with two attached hydrogens (primary N) is 1. The fraction of sp³-hybridized carbons (Fsp3) is 0.458. The monoisotopic (exact) mass is 480 g/mol. The molecule has 0 amide bonds. The molecule has 186 valence electrons. The van der Waals surface area contributed by atoms with E-state index in [2.05, 4.69) is 25.7 Å². The van der Waals surface area contributed by atoms with Crippen molar-refractivity contribution in [2.24, 2.45) is 16.6 Å². The van der Waals surface area contributed by atoms with Crippen molar-refractivity contribution in [2.75, 3.05) is 32.0 Å². The first kappa shape index (κ1) is 23.0. The zero-order chi connectivity index (χ0) is 24.4. The Morgan fingerprint density at radius 2 is 1.86 bits per heavy atom. The SMILES string of the molecule is COc1cc(-n2cnc(NC3(N)N=CNc4c3cnn4CC3CCCCC3)c2)cc(OC)c1OC. The van der Waals surface area contributed by atoms with Crippen LogP contribution in [0.25, 0.3) is 5.69 Å². The number of nitrogens with one attached hydrogen (secondary N) is 2. The van der Waals surface area contributed by atoms with E-state index in [1.54, 1.807) is 40.2 Å². The van der Waals surface area contributed by atoms with Gasteiger partial charge in [-0.1, -0.05) is 19.3 Å². The van der Waals surface area contributed by atoms with E-state index in [0.29, 0.717) is 29.0 Å². The molecule has 5 rings (SSSR count). The van der Waals surface area contributed by atoms with Gasteiger partial charge in [-0.05, 0) is 18.8 Å². The average Bonchev–Trinajstić information content (AvgIpc) is 3.51. The van der Waals surface area contributed by atoms with Crippen LogP contribution in [-0.4, -0.2) is 47.0 Å². The summed E-state index contributed by atoms with van der Waals surface area (Å²) >= 11 is 0. The van der Waals surface area contributed by atoms with Gasteiger partial charge in [0.05, 0.1) is 51.3 Å². The van der Waals surface area contributed by atoms with Crippen LogP contribution in [0.3, 0.4) is 0 Å². The number of nitrogens with zero attached hydrogens (tertiary/aromatic N) is 5. The van der Waals surface area contributed by atoms with Gasteiger partial charge in [-0.25, -0.2) is 14.7 Å². The molecule has 4 N–H and O–H groups in total. The Labute approximate surface area is 204 Å². The second kappa shape index (κ2) is 9.49. The lowest BCUT2D eigenvalue weighted by atomic mass is 9.89. The standard InChI is InChI=1S/C24H32N8O3/c1-33-19-9-17(10-20(34-2)22(19)35-3)31-13-21(27-15-31)30-24(25)18-11-29-32(23(18)26-14-28-24)12-16-7-5-4-6-8-16/h9-11,13-16,30H,4-8,12,25H2,1-3H3,(H,26,28). The number of anilines is 2. The summed E-state index contributed by atoms with van der Waals surface area (Å²) < 4.78 is 20.2. The Bertz CT molecular complexity index is 1190. The number of rotatable bonds is 8. The van der Waals surface area contributed by atoms with E-state index in [1.165, 1.54) is 32.1 Å². The number of hydrogen-bond acceptors (Lipinski definition) is 9. The van der Waals surface area contributed by atoms with E-state index in [4.69, 9.17) is 19.9 Å². The van der Waals surface area contributed by atoms with E-state index in [0.717, 1.165) is 23.6 Å². The van der Waals surface area contributed by atoms with Gasteiger partial charge in [0.25, 0.3) is 0 Å². The van der Waals surface area contributed by atoms with Crippen molar-refractivity contribution in [3.8, 4) is 22.9 Å². The number of aromatic nitrogens is 4. The molecule has 1 aliphatic heterocycles. The van der Waals surface area contributed by atoms with Gasteiger partial charge in [-0.2, -0.15) is 5.10 Å². The molecule has 1 saturated carbocycles. The van der Waals surface area contributed by atoms with Crippen LogP contribution in [0.4, 0.5) is 11.6 Å². The van der Waals surface area contributed by atoms with Crippen LogP contribution in [-0.2, 0) is 12.3 Å². The number of hydrogen-bond donors (Lipinski definition) is 3. The van der Waals surface area contributed by atoms with Crippen molar-refractivity contribution < 1.29 is 14.2 Å². The number of aliphatic imine (C=N–C) groups is 1. The lowest BCUT2D eigenvalue weighted by molar-refractivity contribution is 0.309. The van der Waals surface area contributed by atoms with E-state index in [1.807, 2.05) is 27.6 Å². The maximum atomic E-state index is 6.72. The van der Waals surface area contributed by atoms with Gasteiger partial charge in [0, 0.05) is 18.7 Å². The van der Waals surface area contributed by atoms with Gasteiger partial charge in [-0.15, -0.1) is 0 Å². The Balaban J connectivity index is 1.38. The van der Waals surface area contributed by atoms with Gasteiger partial charge in [0.1, 0.15) is 18.0 Å². The Morgan fingerprint density at radius 3 is 2.54 bits per heavy atom. The maximum absolute atomic E-state index is 6.72. The topological polar surface area (TPSA) is 126 Å². The minimum absolute atomic E-state index is 0.528. The van der Waals surface area contributed by atoms with Crippen molar-refractivity contribution in [3.05, 3.63) is 36.4 Å². The van der Waals surface area contributed by atoms with Crippen molar-refractivity contribution >= 4 is 18.0 Å². The molecule has 1 fully saturated rings. The summed E-state index contributed by atoms with van der Waals surface area (Å²) in [5.74, 6) is 2.51. The molecule has 35 heavy (non-hydrogen) atoms. The fourth-order valence-corrected chi connectivity index (χ4v) is 4.87. The Morgan fingerprint density at radius 1 is 1.11 bits per heavy atom. The van der Waals surface area contributed by atoms with Gasteiger partial charge in [0.15, 0.2) is 11.5 Å². The van der Waals surface area contributed by atoms with Crippen LogP contribution < -0.4 is 30.6 Å². The third-order valence-electron chi connectivity index (χ3n) is 6.72. The quantitative estimate of drug-likeness (QED) is 0.419. The molecule has 0 spiro atoms. The van der Waals surface area contributed by atoms with Crippen molar-refractivity contribution in [1.29, 1.82) is 0 Å². The van der Waals surface area contributed by atoms with E-state index in [9.17, 15) is 0 Å². The largest absolute Gasteiger partial charge is 0.493 e. The molecule has 0 bridgehead atoms. The summed E-state index contributed by atoms with van der Waals surface area (Å²) in [5, 5.41) is 11.1. The average molecular weight is 481 g/mol.